The Bertz CT molecular complexity index is 797. The quantitative estimate of drug-likeness (QED) is 0.247. The van der Waals surface area contributed by atoms with Gasteiger partial charge in [0.15, 0.2) is 5.66 Å². The van der Waals surface area contributed by atoms with Crippen LogP contribution in [0.3, 0.4) is 0 Å². The van der Waals surface area contributed by atoms with Crippen molar-refractivity contribution >= 4 is 29.1 Å². The fourth-order valence-corrected chi connectivity index (χ4v) is 9.13. The molecule has 0 aliphatic rings. The minimum atomic E-state index is -2.26. The molecule has 3 aromatic carbocycles. The van der Waals surface area contributed by atoms with Gasteiger partial charge in [-0.3, -0.25) is 0 Å². The monoisotopic (exact) mass is 419 g/mol. The van der Waals surface area contributed by atoms with E-state index in [4.69, 9.17) is 4.74 Å². The van der Waals surface area contributed by atoms with Crippen LogP contribution in [0.5, 0.6) is 0 Å². The van der Waals surface area contributed by atoms with E-state index in [0.717, 1.165) is 25.7 Å². The molecule has 156 valence electrons. The molecule has 0 fully saturated rings. The van der Waals surface area contributed by atoms with Gasteiger partial charge in [0, 0.05) is 0 Å². The van der Waals surface area contributed by atoms with Crippen LogP contribution in [-0.2, 0) is 9.53 Å². The summed E-state index contributed by atoms with van der Waals surface area (Å²) in [5.41, 5.74) is -0.198. The number of rotatable bonds is 10. The SMILES string of the molecule is CCCCCC(C(=O)OCC)[P+](c1ccccc1)(c1ccccc1)c1ccccc1. The standard InChI is InChI=1S/C27H32O2P/c1-3-5-9-22-26(27(28)29-4-2)30(23-16-10-6-11-17-23,24-18-12-7-13-19-24)25-20-14-8-15-21-25/h6-8,10-21,26H,3-5,9,22H2,1-2H3/q+1. The van der Waals surface area contributed by atoms with E-state index in [1.807, 2.05) is 25.1 Å². The third-order valence-electron chi connectivity index (χ3n) is 5.60. The predicted octanol–water partition coefficient (Wildman–Crippen LogP) is 5.49. The molecule has 30 heavy (non-hydrogen) atoms. The van der Waals surface area contributed by atoms with E-state index in [0.29, 0.717) is 6.61 Å². The Morgan fingerprint density at radius 3 is 1.53 bits per heavy atom. The number of carbonyl (C=O) groups excluding carboxylic acids is 1. The molecule has 0 heterocycles. The maximum absolute atomic E-state index is 13.5. The van der Waals surface area contributed by atoms with Crippen molar-refractivity contribution in [1.29, 1.82) is 0 Å². The molecule has 0 aliphatic heterocycles. The van der Waals surface area contributed by atoms with Crippen LogP contribution in [0.25, 0.3) is 0 Å². The van der Waals surface area contributed by atoms with Crippen molar-refractivity contribution in [1.82, 2.24) is 0 Å². The van der Waals surface area contributed by atoms with E-state index in [1.165, 1.54) is 15.9 Å². The van der Waals surface area contributed by atoms with Crippen LogP contribution in [0.15, 0.2) is 91.0 Å². The Hall–Kier alpha value is -2.44. The zero-order valence-electron chi connectivity index (χ0n) is 18.0. The number of esters is 1. The first-order valence-electron chi connectivity index (χ1n) is 11.0. The van der Waals surface area contributed by atoms with Gasteiger partial charge in [0.25, 0.3) is 0 Å². The lowest BCUT2D eigenvalue weighted by Crippen LogP contribution is -2.43. The molecule has 0 spiro atoms. The molecule has 0 radical (unpaired) electrons. The van der Waals surface area contributed by atoms with Gasteiger partial charge in [-0.25, -0.2) is 4.79 Å². The molecule has 0 saturated carbocycles. The summed E-state index contributed by atoms with van der Waals surface area (Å²) in [6.07, 6.45) is 4.10. The summed E-state index contributed by atoms with van der Waals surface area (Å²) in [6, 6.07) is 31.8. The van der Waals surface area contributed by atoms with Gasteiger partial charge in [-0.05, 0) is 56.2 Å². The molecule has 0 aliphatic carbocycles. The highest BCUT2D eigenvalue weighted by molar-refractivity contribution is 7.96. The van der Waals surface area contributed by atoms with Crippen LogP contribution in [0.2, 0.25) is 0 Å². The molecule has 0 N–H and O–H groups in total. The summed E-state index contributed by atoms with van der Waals surface area (Å²) in [7, 11) is -2.26. The van der Waals surface area contributed by atoms with E-state index >= 15 is 0 Å². The normalized spacial score (nSPS) is 12.3. The maximum atomic E-state index is 13.5. The lowest BCUT2D eigenvalue weighted by atomic mass is 10.1. The highest BCUT2D eigenvalue weighted by Gasteiger charge is 2.55. The third kappa shape index (κ3) is 4.65. The van der Waals surface area contributed by atoms with Gasteiger partial charge in [-0.1, -0.05) is 74.4 Å². The number of hydrogen-bond donors (Lipinski definition) is 0. The topological polar surface area (TPSA) is 26.3 Å². The zero-order valence-corrected chi connectivity index (χ0v) is 18.9. The van der Waals surface area contributed by atoms with Gasteiger partial charge in [0.1, 0.15) is 23.2 Å². The summed E-state index contributed by atoms with van der Waals surface area (Å²) in [6.45, 7) is 4.50. The number of hydrogen-bond acceptors (Lipinski definition) is 2. The molecule has 0 amide bonds. The molecular weight excluding hydrogens is 387 g/mol. The molecule has 3 heteroatoms. The lowest BCUT2D eigenvalue weighted by Gasteiger charge is -2.33. The Morgan fingerprint density at radius 2 is 1.17 bits per heavy atom. The Morgan fingerprint density at radius 1 is 0.733 bits per heavy atom. The number of unbranched alkanes of at least 4 members (excludes halogenated alkanes) is 2. The molecule has 1 unspecified atom stereocenters. The summed E-state index contributed by atoms with van der Waals surface area (Å²) < 4.78 is 5.69. The van der Waals surface area contributed by atoms with Gasteiger partial charge in [-0.2, -0.15) is 0 Å². The molecule has 0 aromatic heterocycles. The summed E-state index contributed by atoms with van der Waals surface area (Å²) in [4.78, 5) is 13.5. The first-order chi connectivity index (χ1) is 14.7. The summed E-state index contributed by atoms with van der Waals surface area (Å²) in [5, 5.41) is 3.70. The maximum Gasteiger partial charge on any atom is 0.348 e. The van der Waals surface area contributed by atoms with Gasteiger partial charge < -0.3 is 4.74 Å². The van der Waals surface area contributed by atoms with Crippen molar-refractivity contribution < 1.29 is 9.53 Å². The zero-order chi connectivity index (χ0) is 21.2. The van der Waals surface area contributed by atoms with Crippen LogP contribution in [0.1, 0.15) is 39.5 Å². The van der Waals surface area contributed by atoms with Gasteiger partial charge in [0.05, 0.1) is 6.61 Å². The largest absolute Gasteiger partial charge is 0.463 e. The molecule has 0 saturated heterocycles. The molecule has 1 atom stereocenters. The molecular formula is C27H32O2P+. The third-order valence-corrected chi connectivity index (χ3v) is 10.3. The minimum Gasteiger partial charge on any atom is -0.463 e. The number of carbonyl (C=O) groups is 1. The summed E-state index contributed by atoms with van der Waals surface area (Å²) in [5.74, 6) is -0.0708. The van der Waals surface area contributed by atoms with E-state index in [9.17, 15) is 4.79 Å². The Balaban J connectivity index is 2.31. The van der Waals surface area contributed by atoms with Gasteiger partial charge >= 0.3 is 5.97 Å². The second kappa shape index (κ2) is 11.1. The fourth-order valence-electron chi connectivity index (χ4n) is 4.27. The van der Waals surface area contributed by atoms with E-state index in [-0.39, 0.29) is 11.6 Å². The van der Waals surface area contributed by atoms with Crippen molar-refractivity contribution in [3.05, 3.63) is 91.0 Å². The van der Waals surface area contributed by atoms with Crippen molar-refractivity contribution in [2.45, 2.75) is 45.2 Å². The fraction of sp³-hybridized carbons (Fsp3) is 0.296. The van der Waals surface area contributed by atoms with E-state index < -0.39 is 7.26 Å². The molecule has 3 aromatic rings. The lowest BCUT2D eigenvalue weighted by molar-refractivity contribution is -0.142. The smallest absolute Gasteiger partial charge is 0.348 e. The Labute approximate surface area is 181 Å². The van der Waals surface area contributed by atoms with Crippen molar-refractivity contribution in [2.24, 2.45) is 0 Å². The molecule has 2 nitrogen and oxygen atoms in total. The molecule has 3 rings (SSSR count). The number of ether oxygens (including phenoxy) is 1. The molecule has 0 bridgehead atoms. The van der Waals surface area contributed by atoms with Gasteiger partial charge in [0.2, 0.25) is 0 Å². The second-order valence-corrected chi connectivity index (χ2v) is 11.1. The van der Waals surface area contributed by atoms with Crippen LogP contribution in [0, 0.1) is 0 Å². The second-order valence-electron chi connectivity index (χ2n) is 7.49. The summed E-state index contributed by atoms with van der Waals surface area (Å²) >= 11 is 0. The van der Waals surface area contributed by atoms with Crippen molar-refractivity contribution in [3.63, 3.8) is 0 Å². The van der Waals surface area contributed by atoms with Crippen molar-refractivity contribution in [3.8, 4) is 0 Å². The van der Waals surface area contributed by atoms with Crippen LogP contribution < -0.4 is 15.9 Å². The van der Waals surface area contributed by atoms with E-state index in [1.54, 1.807) is 0 Å². The van der Waals surface area contributed by atoms with Crippen LogP contribution in [0.4, 0.5) is 0 Å². The van der Waals surface area contributed by atoms with Crippen LogP contribution in [-0.4, -0.2) is 18.2 Å². The number of benzene rings is 3. The highest BCUT2D eigenvalue weighted by Crippen LogP contribution is 2.61. The van der Waals surface area contributed by atoms with Gasteiger partial charge in [-0.15, -0.1) is 0 Å². The predicted molar refractivity (Wildman–Crippen MR) is 130 cm³/mol. The average Bonchev–Trinajstić information content (AvgIpc) is 2.81. The highest BCUT2D eigenvalue weighted by atomic mass is 31.2. The van der Waals surface area contributed by atoms with E-state index in [2.05, 4.69) is 79.7 Å². The first-order valence-corrected chi connectivity index (χ1v) is 12.8. The Kier molecular flexibility index (Phi) is 8.22. The van der Waals surface area contributed by atoms with Crippen LogP contribution >= 0.6 is 7.26 Å². The average molecular weight is 420 g/mol. The first kappa shape index (κ1) is 22.2. The minimum absolute atomic E-state index is 0.0708. The van der Waals surface area contributed by atoms with Crippen molar-refractivity contribution in [2.75, 3.05) is 6.61 Å².